The summed E-state index contributed by atoms with van der Waals surface area (Å²) in [5.74, 6) is -1.63. The van der Waals surface area contributed by atoms with Crippen LogP contribution in [0.3, 0.4) is 0 Å². The summed E-state index contributed by atoms with van der Waals surface area (Å²) >= 11 is 0. The average Bonchev–Trinajstić information content (AvgIpc) is 3.26. The number of hydrogen-bond acceptors (Lipinski definition) is 9. The first-order valence-corrected chi connectivity index (χ1v) is 7.19. The minimum Gasteiger partial charge on any atom is -0.506 e. The summed E-state index contributed by atoms with van der Waals surface area (Å²) in [6.45, 7) is -0.0316. The van der Waals surface area contributed by atoms with Crippen molar-refractivity contribution in [3.8, 4) is 5.75 Å². The number of nitrogens with zero attached hydrogens (tertiary/aromatic N) is 7. The Morgan fingerprint density at radius 2 is 1.93 bits per heavy atom. The molecule has 0 spiro atoms. The van der Waals surface area contributed by atoms with Crippen LogP contribution in [-0.2, 0) is 6.67 Å². The number of rotatable bonds is 6. The van der Waals surface area contributed by atoms with E-state index in [0.717, 1.165) is 29.2 Å². The van der Waals surface area contributed by atoms with Gasteiger partial charge in [0.2, 0.25) is 6.33 Å². The lowest BCUT2D eigenvalue weighted by Gasteiger charge is -2.05. The molecule has 3 aromatic rings. The van der Waals surface area contributed by atoms with Gasteiger partial charge in [0.25, 0.3) is 11.6 Å². The normalized spacial score (nSPS) is 10.5. The second kappa shape index (κ2) is 6.87. The van der Waals surface area contributed by atoms with Crippen LogP contribution in [0.4, 0.5) is 17.3 Å². The van der Waals surface area contributed by atoms with E-state index in [4.69, 9.17) is 0 Å². The van der Waals surface area contributed by atoms with E-state index in [0.29, 0.717) is 0 Å². The molecular formula is C13H10N8O6. The molecule has 138 valence electrons. The standard InChI is InChI=1S/C13H10N8O6/c22-11-2-1-8(20(24)25)5-10(11)15-12(23)9-3-4-18(16-9)7-19-6-14-13(17-19)21(26)27/h1-6,22H,7H2,(H,15,23). The van der Waals surface area contributed by atoms with Crippen molar-refractivity contribution in [3.63, 3.8) is 0 Å². The van der Waals surface area contributed by atoms with Gasteiger partial charge in [-0.1, -0.05) is 4.98 Å². The number of nitro benzene ring substituents is 1. The van der Waals surface area contributed by atoms with Gasteiger partial charge in [0.15, 0.2) is 12.4 Å². The second-order valence-corrected chi connectivity index (χ2v) is 5.14. The Bertz CT molecular complexity index is 1040. The third-order valence-electron chi connectivity index (χ3n) is 3.29. The molecule has 0 unspecified atom stereocenters. The van der Waals surface area contributed by atoms with Gasteiger partial charge >= 0.3 is 5.95 Å². The van der Waals surface area contributed by atoms with E-state index in [2.05, 4.69) is 20.5 Å². The van der Waals surface area contributed by atoms with Gasteiger partial charge in [0, 0.05) is 23.4 Å². The molecule has 0 fully saturated rings. The summed E-state index contributed by atoms with van der Waals surface area (Å²) in [5.41, 5.74) is -0.493. The van der Waals surface area contributed by atoms with E-state index < -0.39 is 21.7 Å². The predicted molar refractivity (Wildman–Crippen MR) is 87.0 cm³/mol. The van der Waals surface area contributed by atoms with E-state index in [1.165, 1.54) is 16.9 Å². The first-order valence-electron chi connectivity index (χ1n) is 7.19. The zero-order valence-electron chi connectivity index (χ0n) is 13.3. The highest BCUT2D eigenvalue weighted by Gasteiger charge is 2.17. The third kappa shape index (κ3) is 3.84. The van der Waals surface area contributed by atoms with E-state index >= 15 is 0 Å². The van der Waals surface area contributed by atoms with Gasteiger partial charge in [0.1, 0.15) is 5.75 Å². The summed E-state index contributed by atoms with van der Waals surface area (Å²) in [7, 11) is 0. The number of phenolic OH excluding ortho intramolecular Hbond substituents is 1. The molecule has 0 saturated heterocycles. The molecule has 1 aromatic carbocycles. The molecule has 0 atom stereocenters. The van der Waals surface area contributed by atoms with Crippen LogP contribution < -0.4 is 5.32 Å². The predicted octanol–water partition coefficient (Wildman–Crippen LogP) is 0.755. The Morgan fingerprint density at radius 1 is 1.15 bits per heavy atom. The highest BCUT2D eigenvalue weighted by Crippen LogP contribution is 2.28. The summed E-state index contributed by atoms with van der Waals surface area (Å²) in [4.78, 5) is 35.6. The average molecular weight is 374 g/mol. The number of benzene rings is 1. The fourth-order valence-electron chi connectivity index (χ4n) is 2.07. The van der Waals surface area contributed by atoms with E-state index in [9.17, 15) is 30.1 Å². The molecule has 0 aliphatic rings. The maximum absolute atomic E-state index is 12.2. The molecule has 2 aromatic heterocycles. The SMILES string of the molecule is O=C(Nc1cc([N+](=O)[O-])ccc1O)c1ccn(Cn2cnc([N+](=O)[O-])n2)n1. The van der Waals surface area contributed by atoms with Crippen LogP contribution in [0.25, 0.3) is 0 Å². The van der Waals surface area contributed by atoms with E-state index in [1.54, 1.807) is 0 Å². The molecule has 14 heteroatoms. The molecule has 2 N–H and O–H groups in total. The lowest BCUT2D eigenvalue weighted by Crippen LogP contribution is -2.15. The molecule has 14 nitrogen and oxygen atoms in total. The van der Waals surface area contributed by atoms with Crippen LogP contribution in [0.15, 0.2) is 36.8 Å². The monoisotopic (exact) mass is 374 g/mol. The van der Waals surface area contributed by atoms with Crippen molar-refractivity contribution in [1.29, 1.82) is 0 Å². The van der Waals surface area contributed by atoms with Crippen LogP contribution in [0.2, 0.25) is 0 Å². The maximum atomic E-state index is 12.2. The minimum atomic E-state index is -0.746. The molecule has 0 bridgehead atoms. The number of nitro groups is 2. The number of non-ortho nitro benzene ring substituents is 1. The van der Waals surface area contributed by atoms with E-state index in [1.807, 2.05) is 0 Å². The number of aromatic hydroxyl groups is 1. The van der Waals surface area contributed by atoms with Gasteiger partial charge in [-0.2, -0.15) is 9.78 Å². The number of hydrogen-bond donors (Lipinski definition) is 2. The van der Waals surface area contributed by atoms with Crippen molar-refractivity contribution >= 4 is 23.2 Å². The molecule has 0 radical (unpaired) electrons. The Labute approximate surface area is 149 Å². The number of aromatic nitrogens is 5. The van der Waals surface area contributed by atoms with Crippen molar-refractivity contribution in [2.24, 2.45) is 0 Å². The maximum Gasteiger partial charge on any atom is 0.491 e. The Balaban J connectivity index is 1.72. The smallest absolute Gasteiger partial charge is 0.491 e. The molecule has 2 heterocycles. The fourth-order valence-corrected chi connectivity index (χ4v) is 2.07. The van der Waals surface area contributed by atoms with Crippen LogP contribution in [0.5, 0.6) is 5.75 Å². The number of anilines is 1. The van der Waals surface area contributed by atoms with Crippen molar-refractivity contribution in [2.75, 3.05) is 5.32 Å². The highest BCUT2D eigenvalue weighted by molar-refractivity contribution is 6.03. The van der Waals surface area contributed by atoms with E-state index in [-0.39, 0.29) is 29.5 Å². The molecule has 0 aliphatic carbocycles. The van der Waals surface area contributed by atoms with Crippen LogP contribution in [-0.4, -0.2) is 45.4 Å². The quantitative estimate of drug-likeness (QED) is 0.357. The van der Waals surface area contributed by atoms with Crippen LogP contribution >= 0.6 is 0 Å². The van der Waals surface area contributed by atoms with Crippen LogP contribution in [0, 0.1) is 20.2 Å². The van der Waals surface area contributed by atoms with Crippen molar-refractivity contribution < 1.29 is 19.7 Å². The number of nitrogens with one attached hydrogen (secondary N) is 1. The van der Waals surface area contributed by atoms with Gasteiger partial charge in [0.05, 0.1) is 10.6 Å². The van der Waals surface area contributed by atoms with Crippen molar-refractivity contribution in [1.82, 2.24) is 24.5 Å². The number of phenols is 1. The molecule has 0 saturated carbocycles. The summed E-state index contributed by atoms with van der Waals surface area (Å²) in [6.07, 6.45) is 2.57. The highest BCUT2D eigenvalue weighted by atomic mass is 16.6. The number of carbonyl (C=O) groups excluding carboxylic acids is 1. The minimum absolute atomic E-state index is 0.0316. The van der Waals surface area contributed by atoms with Crippen LogP contribution in [0.1, 0.15) is 10.5 Å². The lowest BCUT2D eigenvalue weighted by atomic mass is 10.2. The van der Waals surface area contributed by atoms with Crippen molar-refractivity contribution in [2.45, 2.75) is 6.67 Å². The fraction of sp³-hybridized carbons (Fsp3) is 0.0769. The number of carbonyl (C=O) groups is 1. The first kappa shape index (κ1) is 17.5. The molecule has 27 heavy (non-hydrogen) atoms. The van der Waals surface area contributed by atoms with Crippen molar-refractivity contribution in [3.05, 3.63) is 62.7 Å². The van der Waals surface area contributed by atoms with Gasteiger partial charge in [-0.05, 0) is 17.1 Å². The Hall–Kier alpha value is -4.36. The zero-order chi connectivity index (χ0) is 19.6. The van der Waals surface area contributed by atoms with Gasteiger partial charge in [-0.3, -0.25) is 14.9 Å². The largest absolute Gasteiger partial charge is 0.506 e. The Kier molecular flexibility index (Phi) is 4.44. The Morgan fingerprint density at radius 3 is 2.59 bits per heavy atom. The topological polar surface area (TPSA) is 184 Å². The molecule has 3 rings (SSSR count). The molecule has 0 aliphatic heterocycles. The molecule has 1 amide bonds. The summed E-state index contributed by atoms with van der Waals surface area (Å²) in [5, 5.41) is 41.0. The van der Waals surface area contributed by atoms with Gasteiger partial charge < -0.3 is 20.5 Å². The molecular weight excluding hydrogens is 364 g/mol. The number of amides is 1. The lowest BCUT2D eigenvalue weighted by molar-refractivity contribution is -0.394. The summed E-state index contributed by atoms with van der Waals surface area (Å²) < 4.78 is 2.43. The first-order chi connectivity index (χ1) is 12.8. The van der Waals surface area contributed by atoms with Gasteiger partial charge in [-0.25, -0.2) is 4.68 Å². The second-order valence-electron chi connectivity index (χ2n) is 5.14. The van der Waals surface area contributed by atoms with Gasteiger partial charge in [-0.15, -0.1) is 0 Å². The third-order valence-corrected chi connectivity index (χ3v) is 3.29. The zero-order valence-corrected chi connectivity index (χ0v) is 13.3. The summed E-state index contributed by atoms with van der Waals surface area (Å²) in [6, 6.07) is 4.55.